The Labute approximate surface area is 116 Å². The Morgan fingerprint density at radius 3 is 2.80 bits per heavy atom. The lowest BCUT2D eigenvalue weighted by Crippen LogP contribution is -2.23. The number of hydrogen-bond donors (Lipinski definition) is 1. The highest BCUT2D eigenvalue weighted by molar-refractivity contribution is 5.81. The third-order valence-corrected chi connectivity index (χ3v) is 2.80. The number of ether oxygens (including phenoxy) is 1. The monoisotopic (exact) mass is 275 g/mol. The van der Waals surface area contributed by atoms with Crippen LogP contribution in [0.1, 0.15) is 25.5 Å². The topological polar surface area (TPSA) is 68.5 Å². The minimum Gasteiger partial charge on any atom is -0.466 e. The van der Waals surface area contributed by atoms with E-state index in [9.17, 15) is 9.59 Å². The van der Waals surface area contributed by atoms with Gasteiger partial charge in [-0.15, -0.1) is 0 Å². The predicted octanol–water partition coefficient (Wildman–Crippen LogP) is 2.39. The minimum atomic E-state index is -0.355. The van der Waals surface area contributed by atoms with Crippen LogP contribution in [0.25, 0.3) is 11.0 Å². The van der Waals surface area contributed by atoms with Crippen molar-refractivity contribution in [2.24, 2.45) is 0 Å². The Morgan fingerprint density at radius 2 is 2.05 bits per heavy atom. The smallest absolute Gasteiger partial charge is 0.306 e. The lowest BCUT2D eigenvalue weighted by Gasteiger charge is -2.03. The maximum Gasteiger partial charge on any atom is 0.306 e. The second kappa shape index (κ2) is 6.75. The molecule has 20 heavy (non-hydrogen) atoms. The summed E-state index contributed by atoms with van der Waals surface area (Å²) in [6.07, 6.45) is 0.221. The summed E-state index contributed by atoms with van der Waals surface area (Å²) < 4.78 is 10.3. The molecule has 2 aromatic rings. The summed E-state index contributed by atoms with van der Waals surface area (Å²) in [6.45, 7) is 2.38. The van der Waals surface area contributed by atoms with Gasteiger partial charge >= 0.3 is 5.97 Å². The molecular weight excluding hydrogens is 258 g/mol. The number of carbonyl (C=O) groups excluding carboxylic acids is 2. The van der Waals surface area contributed by atoms with E-state index in [0.29, 0.717) is 18.9 Å². The standard InChI is InChI=1S/C15H17NO4/c1-2-19-15(18)8-7-14(17)16-10-12-9-11-5-3-4-6-13(11)20-12/h3-6,9H,2,7-8,10H2,1H3,(H,16,17). The van der Waals surface area contributed by atoms with Crippen molar-refractivity contribution in [3.8, 4) is 0 Å². The molecule has 1 aromatic heterocycles. The normalized spacial score (nSPS) is 10.4. The molecule has 0 saturated carbocycles. The van der Waals surface area contributed by atoms with Crippen LogP contribution in [0.2, 0.25) is 0 Å². The summed E-state index contributed by atoms with van der Waals surface area (Å²) in [4.78, 5) is 22.7. The molecule has 1 aromatic carbocycles. The average molecular weight is 275 g/mol. The number of para-hydroxylation sites is 1. The van der Waals surface area contributed by atoms with Crippen LogP contribution >= 0.6 is 0 Å². The van der Waals surface area contributed by atoms with E-state index in [1.165, 1.54) is 0 Å². The molecule has 1 heterocycles. The molecule has 0 aliphatic carbocycles. The van der Waals surface area contributed by atoms with E-state index in [2.05, 4.69) is 5.32 Å². The van der Waals surface area contributed by atoms with Gasteiger partial charge in [0.15, 0.2) is 0 Å². The van der Waals surface area contributed by atoms with Crippen LogP contribution in [0, 0.1) is 0 Å². The molecule has 0 spiro atoms. The number of amides is 1. The van der Waals surface area contributed by atoms with Gasteiger partial charge in [-0.2, -0.15) is 0 Å². The van der Waals surface area contributed by atoms with E-state index < -0.39 is 0 Å². The van der Waals surface area contributed by atoms with Crippen LogP contribution in [-0.4, -0.2) is 18.5 Å². The predicted molar refractivity (Wildman–Crippen MR) is 73.9 cm³/mol. The third-order valence-electron chi connectivity index (χ3n) is 2.80. The first-order chi connectivity index (χ1) is 9.69. The van der Waals surface area contributed by atoms with Gasteiger partial charge in [0.2, 0.25) is 5.91 Å². The van der Waals surface area contributed by atoms with E-state index in [-0.39, 0.29) is 24.7 Å². The highest BCUT2D eigenvalue weighted by Crippen LogP contribution is 2.18. The van der Waals surface area contributed by atoms with Crippen molar-refractivity contribution in [3.05, 3.63) is 36.1 Å². The van der Waals surface area contributed by atoms with Crippen LogP contribution in [0.5, 0.6) is 0 Å². The molecule has 0 bridgehead atoms. The van der Waals surface area contributed by atoms with E-state index in [4.69, 9.17) is 9.15 Å². The van der Waals surface area contributed by atoms with E-state index in [1.54, 1.807) is 6.92 Å². The fraction of sp³-hybridized carbons (Fsp3) is 0.333. The first-order valence-electron chi connectivity index (χ1n) is 6.59. The average Bonchev–Trinajstić information content (AvgIpc) is 2.86. The fourth-order valence-electron chi connectivity index (χ4n) is 1.85. The number of benzene rings is 1. The molecule has 5 heteroatoms. The molecule has 0 saturated heterocycles. The largest absolute Gasteiger partial charge is 0.466 e. The molecule has 0 unspecified atom stereocenters. The van der Waals surface area contributed by atoms with Crippen LogP contribution in [0.15, 0.2) is 34.7 Å². The van der Waals surface area contributed by atoms with Crippen molar-refractivity contribution in [2.75, 3.05) is 6.61 Å². The molecule has 0 radical (unpaired) electrons. The van der Waals surface area contributed by atoms with Gasteiger partial charge in [0.05, 0.1) is 19.6 Å². The van der Waals surface area contributed by atoms with Crippen LogP contribution in [-0.2, 0) is 20.9 Å². The fourth-order valence-corrected chi connectivity index (χ4v) is 1.85. The van der Waals surface area contributed by atoms with Gasteiger partial charge in [-0.05, 0) is 19.1 Å². The Hall–Kier alpha value is -2.30. The highest BCUT2D eigenvalue weighted by atomic mass is 16.5. The van der Waals surface area contributed by atoms with Crippen molar-refractivity contribution in [1.82, 2.24) is 5.32 Å². The van der Waals surface area contributed by atoms with Crippen LogP contribution in [0.3, 0.4) is 0 Å². The summed E-state index contributed by atoms with van der Waals surface area (Å²) in [5, 5.41) is 3.72. The zero-order valence-corrected chi connectivity index (χ0v) is 11.3. The number of nitrogens with one attached hydrogen (secondary N) is 1. The van der Waals surface area contributed by atoms with Gasteiger partial charge in [-0.25, -0.2) is 0 Å². The summed E-state index contributed by atoms with van der Waals surface area (Å²) >= 11 is 0. The van der Waals surface area contributed by atoms with Crippen molar-refractivity contribution in [2.45, 2.75) is 26.3 Å². The summed E-state index contributed by atoms with van der Waals surface area (Å²) in [6, 6.07) is 9.54. The van der Waals surface area contributed by atoms with E-state index in [1.807, 2.05) is 30.3 Å². The summed E-state index contributed by atoms with van der Waals surface area (Å²) in [7, 11) is 0. The summed E-state index contributed by atoms with van der Waals surface area (Å²) in [5.41, 5.74) is 0.795. The van der Waals surface area contributed by atoms with Gasteiger partial charge in [-0.1, -0.05) is 18.2 Å². The lowest BCUT2D eigenvalue weighted by atomic mass is 10.2. The number of fused-ring (bicyclic) bond motifs is 1. The van der Waals surface area contributed by atoms with Crippen molar-refractivity contribution in [3.63, 3.8) is 0 Å². The van der Waals surface area contributed by atoms with Gasteiger partial charge in [-0.3, -0.25) is 9.59 Å². The van der Waals surface area contributed by atoms with Gasteiger partial charge < -0.3 is 14.5 Å². The Balaban J connectivity index is 1.79. The number of esters is 1. The van der Waals surface area contributed by atoms with Crippen molar-refractivity contribution >= 4 is 22.8 Å². The molecule has 0 atom stereocenters. The molecule has 106 valence electrons. The first kappa shape index (κ1) is 14.1. The SMILES string of the molecule is CCOC(=O)CCC(=O)NCc1cc2ccccc2o1. The van der Waals surface area contributed by atoms with Crippen molar-refractivity contribution in [1.29, 1.82) is 0 Å². The summed E-state index contributed by atoms with van der Waals surface area (Å²) in [5.74, 6) is 0.139. The van der Waals surface area contributed by atoms with Gasteiger partial charge in [0.1, 0.15) is 11.3 Å². The maximum atomic E-state index is 11.6. The second-order valence-corrected chi connectivity index (χ2v) is 4.33. The molecule has 2 rings (SSSR count). The van der Waals surface area contributed by atoms with Gasteiger partial charge in [0, 0.05) is 11.8 Å². The number of hydrogen-bond acceptors (Lipinski definition) is 4. The molecule has 1 N–H and O–H groups in total. The highest BCUT2D eigenvalue weighted by Gasteiger charge is 2.08. The lowest BCUT2D eigenvalue weighted by molar-refractivity contribution is -0.144. The zero-order chi connectivity index (χ0) is 14.4. The van der Waals surface area contributed by atoms with E-state index >= 15 is 0 Å². The molecule has 0 aliphatic rings. The Morgan fingerprint density at radius 1 is 1.25 bits per heavy atom. The number of rotatable bonds is 6. The second-order valence-electron chi connectivity index (χ2n) is 4.33. The van der Waals surface area contributed by atoms with Crippen LogP contribution < -0.4 is 5.32 Å². The number of furan rings is 1. The minimum absolute atomic E-state index is 0.0970. The maximum absolute atomic E-state index is 11.6. The Bertz CT molecular complexity index is 570. The zero-order valence-electron chi connectivity index (χ0n) is 11.3. The molecule has 1 amide bonds. The van der Waals surface area contributed by atoms with Crippen molar-refractivity contribution < 1.29 is 18.7 Å². The van der Waals surface area contributed by atoms with Gasteiger partial charge in [0.25, 0.3) is 0 Å². The molecular formula is C15H17NO4. The molecule has 0 aliphatic heterocycles. The Kier molecular flexibility index (Phi) is 4.76. The first-order valence-corrected chi connectivity index (χ1v) is 6.59. The van der Waals surface area contributed by atoms with E-state index in [0.717, 1.165) is 11.0 Å². The molecule has 0 fully saturated rings. The third kappa shape index (κ3) is 3.85. The molecule has 5 nitrogen and oxygen atoms in total. The quantitative estimate of drug-likeness (QED) is 0.822. The van der Waals surface area contributed by atoms with Crippen LogP contribution in [0.4, 0.5) is 0 Å². The number of carbonyl (C=O) groups is 2.